The van der Waals surface area contributed by atoms with Gasteiger partial charge in [0.1, 0.15) is 11.5 Å². The summed E-state index contributed by atoms with van der Waals surface area (Å²) in [5, 5.41) is 10.0. The molecule has 4 aromatic rings. The van der Waals surface area contributed by atoms with Crippen molar-refractivity contribution < 1.29 is 14.0 Å². The van der Waals surface area contributed by atoms with Crippen LogP contribution in [0.4, 0.5) is 16.9 Å². The Morgan fingerprint density at radius 3 is 2.81 bits per heavy atom. The molecule has 0 aliphatic carbocycles. The van der Waals surface area contributed by atoms with Crippen molar-refractivity contribution in [1.82, 2.24) is 30.1 Å². The van der Waals surface area contributed by atoms with Gasteiger partial charge in [-0.25, -0.2) is 15.0 Å². The number of ether oxygens (including phenoxy) is 2. The van der Waals surface area contributed by atoms with Gasteiger partial charge >= 0.3 is 0 Å². The van der Waals surface area contributed by atoms with Crippen LogP contribution in [0.25, 0.3) is 11.4 Å². The molecule has 32 heavy (non-hydrogen) atoms. The number of anilines is 3. The molecular formula is C20H20N8O3S. The van der Waals surface area contributed by atoms with Crippen LogP contribution in [-0.2, 0) is 0 Å². The van der Waals surface area contributed by atoms with E-state index in [4.69, 9.17) is 19.0 Å². The lowest BCUT2D eigenvalue weighted by molar-refractivity contribution is 0.360. The highest BCUT2D eigenvalue weighted by atomic mass is 32.1. The fourth-order valence-corrected chi connectivity index (χ4v) is 4.15. The average Bonchev–Trinajstić information content (AvgIpc) is 3.60. The highest BCUT2D eigenvalue weighted by Crippen LogP contribution is 2.37. The standard InChI is InChI=1S/C20H20N8O3S/c1-29-16-11-15(25-20-23-7-9-32-20)24-19(26-16)28-8-3-4-13(28)14-10-12(27-31-14)17-18(30-2)22-6-5-21-17/h5-7,9-11,13H,3-4,8H2,1-2H3,(H,23,24,25,26). The molecule has 11 nitrogen and oxygen atoms in total. The lowest BCUT2D eigenvalue weighted by Gasteiger charge is -2.23. The Morgan fingerprint density at radius 2 is 2.00 bits per heavy atom. The largest absolute Gasteiger partial charge is 0.481 e. The van der Waals surface area contributed by atoms with Crippen molar-refractivity contribution in [1.29, 1.82) is 0 Å². The van der Waals surface area contributed by atoms with E-state index in [1.807, 2.05) is 11.4 Å². The molecule has 0 saturated carbocycles. The zero-order valence-electron chi connectivity index (χ0n) is 17.4. The summed E-state index contributed by atoms with van der Waals surface area (Å²) in [5.74, 6) is 2.70. The summed E-state index contributed by atoms with van der Waals surface area (Å²) in [6.45, 7) is 0.777. The van der Waals surface area contributed by atoms with E-state index in [1.54, 1.807) is 38.9 Å². The Labute approximate surface area is 187 Å². The van der Waals surface area contributed by atoms with E-state index >= 15 is 0 Å². The van der Waals surface area contributed by atoms with Gasteiger partial charge in [0, 0.05) is 42.6 Å². The van der Waals surface area contributed by atoms with Crippen molar-refractivity contribution in [2.24, 2.45) is 0 Å². The van der Waals surface area contributed by atoms with Gasteiger partial charge in [-0.3, -0.25) is 0 Å². The van der Waals surface area contributed by atoms with E-state index < -0.39 is 0 Å². The van der Waals surface area contributed by atoms with Gasteiger partial charge in [-0.2, -0.15) is 9.97 Å². The second-order valence-electron chi connectivity index (χ2n) is 6.94. The number of aromatic nitrogens is 6. The number of hydrogen-bond acceptors (Lipinski definition) is 12. The van der Waals surface area contributed by atoms with Crippen molar-refractivity contribution in [3.05, 3.63) is 41.9 Å². The van der Waals surface area contributed by atoms with Gasteiger partial charge in [-0.15, -0.1) is 11.3 Å². The van der Waals surface area contributed by atoms with Gasteiger partial charge in [0.25, 0.3) is 0 Å². The third kappa shape index (κ3) is 3.91. The normalized spacial score (nSPS) is 15.7. The fourth-order valence-electron chi connectivity index (χ4n) is 3.61. The van der Waals surface area contributed by atoms with Gasteiger partial charge in [-0.05, 0) is 12.8 Å². The van der Waals surface area contributed by atoms with Gasteiger partial charge < -0.3 is 24.2 Å². The number of thiazole rings is 1. The second-order valence-corrected chi connectivity index (χ2v) is 7.83. The molecule has 1 saturated heterocycles. The molecule has 1 N–H and O–H groups in total. The van der Waals surface area contributed by atoms with Crippen LogP contribution in [0, 0.1) is 0 Å². The minimum Gasteiger partial charge on any atom is -0.481 e. The number of hydrogen-bond donors (Lipinski definition) is 1. The first kappa shape index (κ1) is 20.1. The van der Waals surface area contributed by atoms with E-state index in [-0.39, 0.29) is 6.04 Å². The molecule has 1 unspecified atom stereocenters. The zero-order chi connectivity index (χ0) is 21.9. The van der Waals surface area contributed by atoms with Crippen LogP contribution in [0.5, 0.6) is 11.8 Å². The lowest BCUT2D eigenvalue weighted by atomic mass is 10.1. The predicted octanol–water partition coefficient (Wildman–Crippen LogP) is 3.48. The van der Waals surface area contributed by atoms with Crippen molar-refractivity contribution in [2.45, 2.75) is 18.9 Å². The molecule has 0 aromatic carbocycles. The summed E-state index contributed by atoms with van der Waals surface area (Å²) in [6, 6.07) is 3.53. The third-order valence-corrected chi connectivity index (χ3v) is 5.72. The highest BCUT2D eigenvalue weighted by Gasteiger charge is 2.32. The summed E-state index contributed by atoms with van der Waals surface area (Å²) in [5.41, 5.74) is 1.09. The van der Waals surface area contributed by atoms with Crippen LogP contribution in [0.3, 0.4) is 0 Å². The van der Waals surface area contributed by atoms with E-state index in [0.29, 0.717) is 40.7 Å². The average molecular weight is 453 g/mol. The SMILES string of the molecule is COc1cc(Nc2nccs2)nc(N2CCCC2c2cc(-c3nccnc3OC)no2)n1. The molecule has 12 heteroatoms. The van der Waals surface area contributed by atoms with Crippen LogP contribution < -0.4 is 19.7 Å². The molecule has 5 rings (SSSR count). The monoisotopic (exact) mass is 452 g/mol. The first-order valence-corrected chi connectivity index (χ1v) is 10.8. The molecule has 0 bridgehead atoms. The molecule has 1 fully saturated rings. The van der Waals surface area contributed by atoms with Crippen molar-refractivity contribution >= 4 is 28.2 Å². The summed E-state index contributed by atoms with van der Waals surface area (Å²) in [6.07, 6.45) is 6.73. The number of methoxy groups -OCH3 is 2. The highest BCUT2D eigenvalue weighted by molar-refractivity contribution is 7.13. The number of nitrogens with zero attached hydrogens (tertiary/aromatic N) is 7. The molecule has 164 valence electrons. The van der Waals surface area contributed by atoms with E-state index in [2.05, 4.69) is 35.3 Å². The maximum absolute atomic E-state index is 5.70. The summed E-state index contributed by atoms with van der Waals surface area (Å²) < 4.78 is 16.4. The van der Waals surface area contributed by atoms with E-state index in [1.165, 1.54) is 11.3 Å². The molecule has 1 aliphatic rings. The quantitative estimate of drug-likeness (QED) is 0.443. The summed E-state index contributed by atoms with van der Waals surface area (Å²) in [7, 11) is 3.13. The van der Waals surface area contributed by atoms with Crippen LogP contribution in [-0.4, -0.2) is 50.8 Å². The topological polar surface area (TPSA) is 124 Å². The minimum atomic E-state index is -0.0706. The summed E-state index contributed by atoms with van der Waals surface area (Å²) in [4.78, 5) is 24.1. The van der Waals surface area contributed by atoms with Crippen molar-refractivity contribution in [2.75, 3.05) is 31.0 Å². The Morgan fingerprint density at radius 1 is 1.09 bits per heavy atom. The molecule has 5 heterocycles. The smallest absolute Gasteiger partial charge is 0.242 e. The third-order valence-electron chi connectivity index (χ3n) is 5.03. The molecular weight excluding hydrogens is 432 g/mol. The van der Waals surface area contributed by atoms with Gasteiger partial charge in [0.2, 0.25) is 17.7 Å². The second kappa shape index (κ2) is 8.75. The zero-order valence-corrected chi connectivity index (χ0v) is 18.2. The van der Waals surface area contributed by atoms with Gasteiger partial charge in [0.15, 0.2) is 16.6 Å². The van der Waals surface area contributed by atoms with Gasteiger partial charge in [0.05, 0.1) is 20.3 Å². The van der Waals surface area contributed by atoms with E-state index in [0.717, 1.165) is 24.5 Å². The number of nitrogens with one attached hydrogen (secondary N) is 1. The van der Waals surface area contributed by atoms with Crippen LogP contribution >= 0.6 is 11.3 Å². The first-order valence-electron chi connectivity index (χ1n) is 9.93. The van der Waals surface area contributed by atoms with Crippen LogP contribution in [0.15, 0.2) is 40.6 Å². The molecule has 0 amide bonds. The molecule has 1 atom stereocenters. The number of rotatable bonds is 7. The fraction of sp³-hybridized carbons (Fsp3) is 0.300. The molecule has 4 aromatic heterocycles. The molecule has 1 aliphatic heterocycles. The minimum absolute atomic E-state index is 0.0706. The van der Waals surface area contributed by atoms with Crippen LogP contribution in [0.2, 0.25) is 0 Å². The lowest BCUT2D eigenvalue weighted by Crippen LogP contribution is -2.24. The maximum Gasteiger partial charge on any atom is 0.242 e. The van der Waals surface area contributed by atoms with Gasteiger partial charge in [-0.1, -0.05) is 5.16 Å². The Hall–Kier alpha value is -3.80. The Kier molecular flexibility index (Phi) is 5.50. The molecule has 0 spiro atoms. The maximum atomic E-state index is 5.70. The Balaban J connectivity index is 1.45. The van der Waals surface area contributed by atoms with Crippen LogP contribution in [0.1, 0.15) is 24.6 Å². The molecule has 0 radical (unpaired) electrons. The van der Waals surface area contributed by atoms with E-state index in [9.17, 15) is 0 Å². The summed E-state index contributed by atoms with van der Waals surface area (Å²) >= 11 is 1.49. The predicted molar refractivity (Wildman–Crippen MR) is 117 cm³/mol. The van der Waals surface area contributed by atoms with Crippen molar-refractivity contribution in [3.8, 4) is 23.1 Å². The van der Waals surface area contributed by atoms with Crippen molar-refractivity contribution in [3.63, 3.8) is 0 Å². The Bertz CT molecular complexity index is 1200. The first-order chi connectivity index (χ1) is 15.7.